The molecule has 3 nitrogen and oxygen atoms in total. The van der Waals surface area contributed by atoms with Crippen molar-refractivity contribution in [2.75, 3.05) is 18.5 Å². The molecule has 2 rings (SSSR count). The van der Waals surface area contributed by atoms with E-state index >= 15 is 0 Å². The first-order chi connectivity index (χ1) is 7.72. The fourth-order valence-electron chi connectivity index (χ4n) is 2.00. The van der Waals surface area contributed by atoms with Gasteiger partial charge in [0.05, 0.1) is 0 Å². The highest BCUT2D eigenvalue weighted by Gasteiger charge is 2.27. The van der Waals surface area contributed by atoms with Crippen molar-refractivity contribution in [2.24, 2.45) is 0 Å². The second-order valence-electron chi connectivity index (χ2n) is 4.61. The van der Waals surface area contributed by atoms with E-state index in [1.165, 1.54) is 24.0 Å². The summed E-state index contributed by atoms with van der Waals surface area (Å²) < 4.78 is 0. The topological polar surface area (TPSA) is 28.2 Å². The molecule has 0 amide bonds. The Morgan fingerprint density at radius 1 is 1.50 bits per heavy atom. The molecule has 1 aromatic rings. The average Bonchev–Trinajstić information content (AvgIpc) is 3.09. The maximum atomic E-state index is 4.58. The lowest BCUT2D eigenvalue weighted by Gasteiger charge is -2.20. The maximum Gasteiger partial charge on any atom is 0.131 e. The van der Waals surface area contributed by atoms with E-state index in [1.807, 2.05) is 6.20 Å². The van der Waals surface area contributed by atoms with Crippen LogP contribution < -0.4 is 10.2 Å². The minimum absolute atomic E-state index is 0.728. The van der Waals surface area contributed by atoms with Gasteiger partial charge in [-0.15, -0.1) is 0 Å². The van der Waals surface area contributed by atoms with Crippen LogP contribution in [0.1, 0.15) is 30.9 Å². The molecule has 0 bridgehead atoms. The van der Waals surface area contributed by atoms with Gasteiger partial charge in [0.1, 0.15) is 5.82 Å². The van der Waals surface area contributed by atoms with E-state index < -0.39 is 0 Å². The smallest absolute Gasteiger partial charge is 0.131 e. The monoisotopic (exact) mass is 219 g/mol. The van der Waals surface area contributed by atoms with Gasteiger partial charge in [-0.1, -0.05) is 6.92 Å². The largest absolute Gasteiger partial charge is 0.356 e. The zero-order valence-electron chi connectivity index (χ0n) is 10.5. The second kappa shape index (κ2) is 4.83. The summed E-state index contributed by atoms with van der Waals surface area (Å²) in [5.74, 6) is 1.14. The number of hydrogen-bond donors (Lipinski definition) is 1. The van der Waals surface area contributed by atoms with E-state index in [1.54, 1.807) is 0 Å². The number of pyridine rings is 1. The number of aryl methyl sites for hydroxylation is 1. The molecule has 0 aliphatic heterocycles. The summed E-state index contributed by atoms with van der Waals surface area (Å²) in [4.78, 5) is 6.89. The van der Waals surface area contributed by atoms with Crippen LogP contribution >= 0.6 is 0 Å². The van der Waals surface area contributed by atoms with Crippen LogP contribution in [0.3, 0.4) is 0 Å². The average molecular weight is 219 g/mol. The van der Waals surface area contributed by atoms with Crippen LogP contribution in [-0.2, 0) is 6.54 Å². The third kappa shape index (κ3) is 2.53. The molecule has 0 spiro atoms. The number of rotatable bonds is 5. The van der Waals surface area contributed by atoms with Crippen LogP contribution in [0.2, 0.25) is 0 Å². The van der Waals surface area contributed by atoms with Crippen LogP contribution in [0, 0.1) is 6.92 Å². The standard InChI is InChI=1S/C13H21N3/c1-4-14-8-11-7-10(2)13(15-9-11)16(3)12-5-6-12/h7,9,12,14H,4-6,8H2,1-3H3. The fraction of sp³-hybridized carbons (Fsp3) is 0.615. The Labute approximate surface area is 97.9 Å². The van der Waals surface area contributed by atoms with Crippen LogP contribution in [-0.4, -0.2) is 24.6 Å². The maximum absolute atomic E-state index is 4.58. The van der Waals surface area contributed by atoms with Gasteiger partial charge in [-0.3, -0.25) is 0 Å². The van der Waals surface area contributed by atoms with Crippen molar-refractivity contribution in [3.8, 4) is 0 Å². The first-order valence-corrected chi connectivity index (χ1v) is 6.11. The molecule has 1 fully saturated rings. The lowest BCUT2D eigenvalue weighted by molar-refractivity contribution is 0.723. The highest BCUT2D eigenvalue weighted by atomic mass is 15.2. The molecular formula is C13H21N3. The molecule has 88 valence electrons. The van der Waals surface area contributed by atoms with E-state index in [0.717, 1.165) is 24.9 Å². The lowest BCUT2D eigenvalue weighted by Crippen LogP contribution is -2.22. The first kappa shape index (κ1) is 11.4. The number of nitrogens with one attached hydrogen (secondary N) is 1. The first-order valence-electron chi connectivity index (χ1n) is 6.11. The summed E-state index contributed by atoms with van der Waals surface area (Å²) in [5, 5.41) is 3.32. The van der Waals surface area contributed by atoms with Crippen LogP contribution in [0.15, 0.2) is 12.3 Å². The molecule has 0 aromatic carbocycles. The zero-order chi connectivity index (χ0) is 11.5. The Morgan fingerprint density at radius 2 is 2.25 bits per heavy atom. The molecular weight excluding hydrogens is 198 g/mol. The van der Waals surface area contributed by atoms with Crippen molar-refractivity contribution < 1.29 is 0 Å². The predicted octanol–water partition coefficient (Wildman–Crippen LogP) is 2.10. The van der Waals surface area contributed by atoms with Crippen molar-refractivity contribution >= 4 is 5.82 Å². The van der Waals surface area contributed by atoms with E-state index in [2.05, 4.69) is 42.2 Å². The Morgan fingerprint density at radius 3 is 2.81 bits per heavy atom. The molecule has 0 radical (unpaired) electrons. The number of aromatic nitrogens is 1. The van der Waals surface area contributed by atoms with E-state index in [0.29, 0.717) is 0 Å². The zero-order valence-corrected chi connectivity index (χ0v) is 10.5. The quantitative estimate of drug-likeness (QED) is 0.822. The van der Waals surface area contributed by atoms with Gasteiger partial charge < -0.3 is 10.2 Å². The molecule has 0 atom stereocenters. The summed E-state index contributed by atoms with van der Waals surface area (Å²) >= 11 is 0. The minimum atomic E-state index is 0.728. The normalized spacial score (nSPS) is 15.2. The van der Waals surface area contributed by atoms with E-state index in [4.69, 9.17) is 0 Å². The number of anilines is 1. The van der Waals surface area contributed by atoms with E-state index in [-0.39, 0.29) is 0 Å². The Bertz CT molecular complexity index is 358. The van der Waals surface area contributed by atoms with Crippen LogP contribution in [0.25, 0.3) is 0 Å². The summed E-state index contributed by atoms with van der Waals surface area (Å²) in [6.07, 6.45) is 4.62. The summed E-state index contributed by atoms with van der Waals surface area (Å²) in [7, 11) is 2.15. The van der Waals surface area contributed by atoms with Gasteiger partial charge in [-0.05, 0) is 43.5 Å². The number of hydrogen-bond acceptors (Lipinski definition) is 3. The fourth-order valence-corrected chi connectivity index (χ4v) is 2.00. The molecule has 1 aromatic heterocycles. The molecule has 1 aliphatic carbocycles. The second-order valence-corrected chi connectivity index (χ2v) is 4.61. The van der Waals surface area contributed by atoms with Crippen molar-refractivity contribution in [1.82, 2.24) is 10.3 Å². The third-order valence-electron chi connectivity index (χ3n) is 3.12. The minimum Gasteiger partial charge on any atom is -0.356 e. The van der Waals surface area contributed by atoms with Gasteiger partial charge in [0.2, 0.25) is 0 Å². The third-order valence-corrected chi connectivity index (χ3v) is 3.12. The van der Waals surface area contributed by atoms with Crippen molar-refractivity contribution in [1.29, 1.82) is 0 Å². The molecule has 16 heavy (non-hydrogen) atoms. The van der Waals surface area contributed by atoms with Gasteiger partial charge in [0.25, 0.3) is 0 Å². The Hall–Kier alpha value is -1.09. The predicted molar refractivity (Wildman–Crippen MR) is 67.8 cm³/mol. The Balaban J connectivity index is 2.09. The SMILES string of the molecule is CCNCc1cnc(N(C)C2CC2)c(C)c1. The molecule has 0 unspecified atom stereocenters. The molecule has 1 saturated carbocycles. The highest BCUT2D eigenvalue weighted by Crippen LogP contribution is 2.30. The molecule has 1 aliphatic rings. The van der Waals surface area contributed by atoms with E-state index in [9.17, 15) is 0 Å². The molecule has 1 N–H and O–H groups in total. The summed E-state index contributed by atoms with van der Waals surface area (Å²) in [6.45, 7) is 6.19. The number of nitrogens with zero attached hydrogens (tertiary/aromatic N) is 2. The Kier molecular flexibility index (Phi) is 3.44. The van der Waals surface area contributed by atoms with Gasteiger partial charge in [0, 0.05) is 25.8 Å². The van der Waals surface area contributed by atoms with Crippen molar-refractivity contribution in [3.63, 3.8) is 0 Å². The van der Waals surface area contributed by atoms with Crippen molar-refractivity contribution in [3.05, 3.63) is 23.4 Å². The van der Waals surface area contributed by atoms with Gasteiger partial charge in [-0.25, -0.2) is 4.98 Å². The molecule has 0 saturated heterocycles. The highest BCUT2D eigenvalue weighted by molar-refractivity contribution is 5.48. The molecule has 1 heterocycles. The van der Waals surface area contributed by atoms with Gasteiger partial charge >= 0.3 is 0 Å². The van der Waals surface area contributed by atoms with Crippen molar-refractivity contribution in [2.45, 2.75) is 39.3 Å². The summed E-state index contributed by atoms with van der Waals surface area (Å²) in [6, 6.07) is 2.97. The van der Waals surface area contributed by atoms with Crippen LogP contribution in [0.5, 0.6) is 0 Å². The lowest BCUT2D eigenvalue weighted by atomic mass is 10.2. The van der Waals surface area contributed by atoms with Crippen LogP contribution in [0.4, 0.5) is 5.82 Å². The molecule has 3 heteroatoms. The summed E-state index contributed by atoms with van der Waals surface area (Å²) in [5.41, 5.74) is 2.55. The van der Waals surface area contributed by atoms with Gasteiger partial charge in [-0.2, -0.15) is 0 Å². The van der Waals surface area contributed by atoms with Gasteiger partial charge in [0.15, 0.2) is 0 Å².